The first-order valence-electron chi connectivity index (χ1n) is 8.65. The van der Waals surface area contributed by atoms with Gasteiger partial charge in [-0.1, -0.05) is 0 Å². The third-order valence-corrected chi connectivity index (χ3v) is 6.80. The maximum absolute atomic E-state index is 12.7. The monoisotopic (exact) mass is 344 g/mol. The highest BCUT2D eigenvalue weighted by atomic mass is 32.1. The minimum Gasteiger partial charge on any atom is -0.370 e. The van der Waals surface area contributed by atoms with Gasteiger partial charge in [-0.05, 0) is 50.9 Å². The molecule has 5 nitrogen and oxygen atoms in total. The minimum atomic E-state index is -0.0395. The van der Waals surface area contributed by atoms with Crippen molar-refractivity contribution in [2.75, 3.05) is 32.1 Å². The second-order valence-electron chi connectivity index (χ2n) is 7.20. The zero-order valence-electron chi connectivity index (χ0n) is 14.5. The standard InChI is InChI=1S/C18H24N4OS/c1-11-17(12-4-6-22(11)7-5-12)20-18(23)14-9-15-13(10-19-14)8-16(24-15)21(2)3/h8-12,17H,4-7H2,1-3H3,(H,20,23). The summed E-state index contributed by atoms with van der Waals surface area (Å²) in [7, 11) is 4.06. The molecule has 2 aromatic rings. The SMILES string of the molecule is CC1C(NC(=O)c2cc3sc(N(C)C)cc3cn2)C2CCN1CC2. The van der Waals surface area contributed by atoms with Crippen LogP contribution in [0.5, 0.6) is 0 Å². The average Bonchev–Trinajstić information content (AvgIpc) is 3.02. The Kier molecular flexibility index (Phi) is 3.96. The number of nitrogens with one attached hydrogen (secondary N) is 1. The molecule has 0 aliphatic carbocycles. The number of hydrogen-bond acceptors (Lipinski definition) is 5. The Balaban J connectivity index is 1.55. The summed E-state index contributed by atoms with van der Waals surface area (Å²) in [5, 5.41) is 5.53. The number of nitrogens with zero attached hydrogens (tertiary/aromatic N) is 3. The first kappa shape index (κ1) is 15.8. The molecule has 2 unspecified atom stereocenters. The second-order valence-corrected chi connectivity index (χ2v) is 8.26. The van der Waals surface area contributed by atoms with Crippen LogP contribution in [0, 0.1) is 5.92 Å². The number of pyridine rings is 1. The van der Waals surface area contributed by atoms with E-state index in [-0.39, 0.29) is 11.9 Å². The maximum Gasteiger partial charge on any atom is 0.270 e. The molecule has 5 heterocycles. The van der Waals surface area contributed by atoms with E-state index >= 15 is 0 Å². The van der Waals surface area contributed by atoms with E-state index in [9.17, 15) is 4.79 Å². The molecule has 1 N–H and O–H groups in total. The van der Waals surface area contributed by atoms with Gasteiger partial charge in [-0.2, -0.15) is 0 Å². The second kappa shape index (κ2) is 6.01. The van der Waals surface area contributed by atoms with Crippen molar-refractivity contribution >= 4 is 32.3 Å². The average molecular weight is 344 g/mol. The van der Waals surface area contributed by atoms with Gasteiger partial charge in [0.05, 0.1) is 5.00 Å². The number of fused-ring (bicyclic) bond motifs is 4. The van der Waals surface area contributed by atoms with E-state index in [1.807, 2.05) is 26.4 Å². The van der Waals surface area contributed by atoms with Gasteiger partial charge in [0.2, 0.25) is 0 Å². The molecule has 3 fully saturated rings. The molecule has 0 radical (unpaired) electrons. The highest BCUT2D eigenvalue weighted by Gasteiger charge is 2.40. The Bertz CT molecular complexity index is 761. The van der Waals surface area contributed by atoms with Crippen molar-refractivity contribution in [3.63, 3.8) is 0 Å². The maximum atomic E-state index is 12.7. The Morgan fingerprint density at radius 3 is 2.75 bits per heavy atom. The fourth-order valence-electron chi connectivity index (χ4n) is 4.03. The zero-order chi connectivity index (χ0) is 16.8. The number of thiophene rings is 1. The van der Waals surface area contributed by atoms with Gasteiger partial charge >= 0.3 is 0 Å². The normalized spacial score (nSPS) is 29.0. The van der Waals surface area contributed by atoms with Gasteiger partial charge in [-0.15, -0.1) is 11.3 Å². The molecule has 3 aliphatic rings. The number of piperidine rings is 3. The third-order valence-electron chi connectivity index (χ3n) is 5.54. The summed E-state index contributed by atoms with van der Waals surface area (Å²) >= 11 is 1.69. The van der Waals surface area contributed by atoms with Crippen LogP contribution in [0.3, 0.4) is 0 Å². The molecule has 128 valence electrons. The number of carbonyl (C=O) groups excluding carboxylic acids is 1. The first-order chi connectivity index (χ1) is 11.5. The minimum absolute atomic E-state index is 0.0395. The third kappa shape index (κ3) is 2.67. The Labute approximate surface area is 146 Å². The Morgan fingerprint density at radius 2 is 2.08 bits per heavy atom. The number of carbonyl (C=O) groups is 1. The van der Waals surface area contributed by atoms with Gasteiger partial charge in [0.15, 0.2) is 0 Å². The van der Waals surface area contributed by atoms with Crippen molar-refractivity contribution in [3.05, 3.63) is 24.0 Å². The molecular weight excluding hydrogens is 320 g/mol. The molecule has 2 atom stereocenters. The van der Waals surface area contributed by atoms with Crippen LogP contribution in [0.4, 0.5) is 5.00 Å². The lowest BCUT2D eigenvalue weighted by molar-refractivity contribution is 0.0216. The number of hydrogen-bond donors (Lipinski definition) is 1. The summed E-state index contributed by atoms with van der Waals surface area (Å²) in [5.41, 5.74) is 0.526. The van der Waals surface area contributed by atoms with Gasteiger partial charge in [0.25, 0.3) is 5.91 Å². The van der Waals surface area contributed by atoms with E-state index in [0.717, 1.165) is 10.1 Å². The molecule has 0 aromatic carbocycles. The molecule has 3 saturated heterocycles. The molecule has 3 aliphatic heterocycles. The van der Waals surface area contributed by atoms with Crippen molar-refractivity contribution in [1.29, 1.82) is 0 Å². The van der Waals surface area contributed by atoms with Crippen LogP contribution in [0.2, 0.25) is 0 Å². The first-order valence-corrected chi connectivity index (χ1v) is 9.46. The number of amides is 1. The van der Waals surface area contributed by atoms with Crippen molar-refractivity contribution < 1.29 is 4.79 Å². The number of aromatic nitrogens is 1. The zero-order valence-corrected chi connectivity index (χ0v) is 15.3. The number of anilines is 1. The molecule has 2 aromatic heterocycles. The van der Waals surface area contributed by atoms with Crippen molar-refractivity contribution in [3.8, 4) is 0 Å². The fraction of sp³-hybridized carbons (Fsp3) is 0.556. The summed E-state index contributed by atoms with van der Waals surface area (Å²) in [6, 6.07) is 4.71. The largest absolute Gasteiger partial charge is 0.370 e. The van der Waals surface area contributed by atoms with E-state index < -0.39 is 0 Å². The molecule has 0 spiro atoms. The van der Waals surface area contributed by atoms with E-state index in [4.69, 9.17) is 0 Å². The summed E-state index contributed by atoms with van der Waals surface area (Å²) in [4.78, 5) is 21.7. The fourth-order valence-corrected chi connectivity index (χ4v) is 5.03. The van der Waals surface area contributed by atoms with Crippen LogP contribution in [-0.4, -0.2) is 55.1 Å². The summed E-state index contributed by atoms with van der Waals surface area (Å²) in [6.45, 7) is 4.57. The number of rotatable bonds is 3. The summed E-state index contributed by atoms with van der Waals surface area (Å²) in [5.74, 6) is 0.571. The van der Waals surface area contributed by atoms with Crippen LogP contribution in [-0.2, 0) is 0 Å². The van der Waals surface area contributed by atoms with Gasteiger partial charge in [0.1, 0.15) is 5.69 Å². The lowest BCUT2D eigenvalue weighted by Gasteiger charge is -2.49. The highest BCUT2D eigenvalue weighted by molar-refractivity contribution is 7.22. The van der Waals surface area contributed by atoms with Gasteiger partial charge in [-0.25, -0.2) is 0 Å². The van der Waals surface area contributed by atoms with Crippen LogP contribution in [0.1, 0.15) is 30.3 Å². The predicted molar refractivity (Wildman–Crippen MR) is 99.0 cm³/mol. The van der Waals surface area contributed by atoms with Crippen LogP contribution in [0.15, 0.2) is 18.3 Å². The molecular formula is C18H24N4OS. The summed E-state index contributed by atoms with van der Waals surface area (Å²) in [6.07, 6.45) is 4.20. The van der Waals surface area contributed by atoms with Crippen LogP contribution in [0.25, 0.3) is 10.1 Å². The van der Waals surface area contributed by atoms with Crippen LogP contribution < -0.4 is 10.2 Å². The lowest BCUT2D eigenvalue weighted by atomic mass is 9.79. The van der Waals surface area contributed by atoms with E-state index in [2.05, 4.69) is 33.1 Å². The van der Waals surface area contributed by atoms with Gasteiger partial charge in [0, 0.05) is 42.5 Å². The molecule has 0 saturated carbocycles. The molecule has 24 heavy (non-hydrogen) atoms. The van der Waals surface area contributed by atoms with Crippen molar-refractivity contribution in [2.45, 2.75) is 31.8 Å². The van der Waals surface area contributed by atoms with Gasteiger partial charge < -0.3 is 10.2 Å². The quantitative estimate of drug-likeness (QED) is 0.930. The highest BCUT2D eigenvalue weighted by Crippen LogP contribution is 2.33. The lowest BCUT2D eigenvalue weighted by Crippen LogP contribution is -2.62. The Morgan fingerprint density at radius 1 is 1.33 bits per heavy atom. The topological polar surface area (TPSA) is 48.5 Å². The summed E-state index contributed by atoms with van der Waals surface area (Å²) < 4.78 is 1.11. The van der Waals surface area contributed by atoms with Crippen molar-refractivity contribution in [1.82, 2.24) is 15.2 Å². The van der Waals surface area contributed by atoms with Crippen LogP contribution >= 0.6 is 11.3 Å². The Hall–Kier alpha value is -1.66. The predicted octanol–water partition coefficient (Wildman–Crippen LogP) is 2.57. The molecule has 2 bridgehead atoms. The molecule has 6 heteroatoms. The van der Waals surface area contributed by atoms with E-state index in [1.54, 1.807) is 11.3 Å². The van der Waals surface area contributed by atoms with E-state index in [1.165, 1.54) is 30.9 Å². The van der Waals surface area contributed by atoms with E-state index in [0.29, 0.717) is 17.7 Å². The smallest absolute Gasteiger partial charge is 0.270 e. The molecule has 1 amide bonds. The van der Waals surface area contributed by atoms with Crippen molar-refractivity contribution in [2.24, 2.45) is 5.92 Å². The van der Waals surface area contributed by atoms with Gasteiger partial charge in [-0.3, -0.25) is 14.7 Å². The molecule has 5 rings (SSSR count).